The van der Waals surface area contributed by atoms with Crippen LogP contribution in [0.25, 0.3) is 0 Å². The molecular weight excluding hydrogens is 242 g/mol. The van der Waals surface area contributed by atoms with Crippen LogP contribution in [0, 0.1) is 0 Å². The van der Waals surface area contributed by atoms with Crippen molar-refractivity contribution in [3.8, 4) is 0 Å². The fraction of sp³-hybridized carbons (Fsp3) is 0.500. The number of carbonyl (C=O) groups excluding carboxylic acids is 1. The number of fused-ring (bicyclic) bond motifs is 1. The molecule has 1 unspecified atom stereocenters. The highest BCUT2D eigenvalue weighted by Gasteiger charge is 2.32. The van der Waals surface area contributed by atoms with Gasteiger partial charge in [0, 0.05) is 19.7 Å². The zero-order valence-electron chi connectivity index (χ0n) is 11.1. The van der Waals surface area contributed by atoms with Crippen LogP contribution in [-0.4, -0.2) is 37.7 Å². The molecule has 19 heavy (non-hydrogen) atoms. The van der Waals surface area contributed by atoms with Crippen molar-refractivity contribution in [3.63, 3.8) is 0 Å². The molecule has 2 heterocycles. The van der Waals surface area contributed by atoms with Crippen LogP contribution in [0.2, 0.25) is 0 Å². The maximum absolute atomic E-state index is 12.4. The first-order valence-corrected chi connectivity index (χ1v) is 6.69. The highest BCUT2D eigenvalue weighted by molar-refractivity contribution is 6.03. The van der Waals surface area contributed by atoms with Crippen molar-refractivity contribution in [2.75, 3.05) is 36.9 Å². The van der Waals surface area contributed by atoms with Crippen molar-refractivity contribution in [1.82, 2.24) is 5.32 Å². The number of anilines is 2. The highest BCUT2D eigenvalue weighted by Crippen LogP contribution is 2.29. The number of hydrogen-bond donors (Lipinski definition) is 3. The summed E-state index contributed by atoms with van der Waals surface area (Å²) in [5, 5.41) is 9.68. The van der Waals surface area contributed by atoms with E-state index >= 15 is 0 Å². The van der Waals surface area contributed by atoms with Crippen molar-refractivity contribution < 1.29 is 9.53 Å². The van der Waals surface area contributed by atoms with Gasteiger partial charge in [-0.25, -0.2) is 0 Å². The molecule has 1 amide bonds. The third kappa shape index (κ3) is 2.38. The topological polar surface area (TPSA) is 62.4 Å². The zero-order valence-corrected chi connectivity index (χ0v) is 11.1. The Kier molecular flexibility index (Phi) is 3.06. The average molecular weight is 261 g/mol. The summed E-state index contributed by atoms with van der Waals surface area (Å²) in [6, 6.07) is 5.74. The molecule has 1 aromatic rings. The molecule has 1 atom stereocenters. The molecule has 2 aliphatic heterocycles. The lowest BCUT2D eigenvalue weighted by atomic mass is 10.0. The van der Waals surface area contributed by atoms with Gasteiger partial charge >= 0.3 is 0 Å². The Morgan fingerprint density at radius 2 is 2.21 bits per heavy atom. The minimum Gasteiger partial charge on any atom is -0.382 e. The van der Waals surface area contributed by atoms with E-state index in [1.54, 1.807) is 0 Å². The van der Waals surface area contributed by atoms with Crippen molar-refractivity contribution in [1.29, 1.82) is 0 Å². The molecule has 0 aliphatic carbocycles. The van der Waals surface area contributed by atoms with Gasteiger partial charge in [-0.05, 0) is 25.5 Å². The van der Waals surface area contributed by atoms with Gasteiger partial charge in [-0.1, -0.05) is 6.07 Å². The normalized spacial score (nSPS) is 25.1. The quantitative estimate of drug-likeness (QED) is 0.753. The molecule has 1 fully saturated rings. The summed E-state index contributed by atoms with van der Waals surface area (Å²) in [7, 11) is 0. The van der Waals surface area contributed by atoms with E-state index in [9.17, 15) is 4.79 Å². The van der Waals surface area contributed by atoms with E-state index in [0.717, 1.165) is 30.9 Å². The van der Waals surface area contributed by atoms with E-state index in [2.05, 4.69) is 16.0 Å². The lowest BCUT2D eigenvalue weighted by molar-refractivity contribution is 0.0890. The van der Waals surface area contributed by atoms with Gasteiger partial charge in [0.1, 0.15) is 0 Å². The Balaban J connectivity index is 1.83. The molecule has 0 aromatic heterocycles. The maximum atomic E-state index is 12.4. The van der Waals surface area contributed by atoms with Gasteiger partial charge in [0.15, 0.2) is 0 Å². The van der Waals surface area contributed by atoms with Crippen LogP contribution in [0.4, 0.5) is 11.4 Å². The highest BCUT2D eigenvalue weighted by atomic mass is 16.5. The molecule has 3 rings (SSSR count). The van der Waals surface area contributed by atoms with Crippen LogP contribution in [0.15, 0.2) is 18.2 Å². The summed E-state index contributed by atoms with van der Waals surface area (Å²) in [6.45, 7) is 5.03. The standard InChI is InChI=1S/C14H19N3O2/c1-14(5-8-19-9-14)17-13(18)10-3-2-4-11-12(10)16-7-6-15-11/h2-4,15-16H,5-9H2,1H3,(H,17,18). The summed E-state index contributed by atoms with van der Waals surface area (Å²) in [4.78, 5) is 12.4. The van der Waals surface area contributed by atoms with E-state index in [0.29, 0.717) is 18.8 Å². The molecular formula is C14H19N3O2. The Labute approximate surface area is 112 Å². The number of nitrogens with one attached hydrogen (secondary N) is 3. The maximum Gasteiger partial charge on any atom is 0.253 e. The van der Waals surface area contributed by atoms with Crippen LogP contribution in [0.5, 0.6) is 0 Å². The number of para-hydroxylation sites is 1. The first-order valence-electron chi connectivity index (χ1n) is 6.69. The number of benzene rings is 1. The number of hydrogen-bond acceptors (Lipinski definition) is 4. The van der Waals surface area contributed by atoms with Gasteiger partial charge in [0.25, 0.3) is 5.91 Å². The second-order valence-electron chi connectivity index (χ2n) is 5.40. The van der Waals surface area contributed by atoms with Crippen LogP contribution in [-0.2, 0) is 4.74 Å². The van der Waals surface area contributed by atoms with E-state index in [-0.39, 0.29) is 11.4 Å². The molecule has 0 radical (unpaired) electrons. The van der Waals surface area contributed by atoms with Gasteiger partial charge in [0.05, 0.1) is 29.1 Å². The summed E-state index contributed by atoms with van der Waals surface area (Å²) in [6.07, 6.45) is 0.861. The van der Waals surface area contributed by atoms with Gasteiger partial charge in [-0.15, -0.1) is 0 Å². The molecule has 0 bridgehead atoms. The smallest absolute Gasteiger partial charge is 0.253 e. The molecule has 1 saturated heterocycles. The Hall–Kier alpha value is -1.75. The second-order valence-corrected chi connectivity index (χ2v) is 5.40. The summed E-state index contributed by atoms with van der Waals surface area (Å²) >= 11 is 0. The predicted octanol–water partition coefficient (Wildman–Crippen LogP) is 1.43. The third-order valence-electron chi connectivity index (χ3n) is 3.69. The average Bonchev–Trinajstić information content (AvgIpc) is 2.84. The number of rotatable bonds is 2. The first kappa shape index (κ1) is 12.3. The number of amides is 1. The summed E-state index contributed by atoms with van der Waals surface area (Å²) in [5.41, 5.74) is 2.33. The van der Waals surface area contributed by atoms with E-state index < -0.39 is 0 Å². The fourth-order valence-electron chi connectivity index (χ4n) is 2.57. The van der Waals surface area contributed by atoms with Crippen molar-refractivity contribution in [3.05, 3.63) is 23.8 Å². The SMILES string of the molecule is CC1(NC(=O)c2cccc3c2NCCN3)CCOC1. The van der Waals surface area contributed by atoms with Crippen molar-refractivity contribution in [2.45, 2.75) is 18.9 Å². The van der Waals surface area contributed by atoms with Gasteiger partial charge in [-0.2, -0.15) is 0 Å². The number of carbonyl (C=O) groups is 1. The lowest BCUT2D eigenvalue weighted by Gasteiger charge is -2.26. The molecule has 1 aromatic carbocycles. The monoisotopic (exact) mass is 261 g/mol. The third-order valence-corrected chi connectivity index (χ3v) is 3.69. The van der Waals surface area contributed by atoms with E-state index in [4.69, 9.17) is 4.74 Å². The number of ether oxygens (including phenoxy) is 1. The zero-order chi connectivity index (χ0) is 13.3. The van der Waals surface area contributed by atoms with Gasteiger partial charge < -0.3 is 20.7 Å². The Morgan fingerprint density at radius 3 is 3.00 bits per heavy atom. The second kappa shape index (κ2) is 4.74. The van der Waals surface area contributed by atoms with Crippen LogP contribution >= 0.6 is 0 Å². The van der Waals surface area contributed by atoms with Crippen LogP contribution in [0.1, 0.15) is 23.7 Å². The Bertz CT molecular complexity index is 495. The molecule has 102 valence electrons. The predicted molar refractivity (Wildman–Crippen MR) is 74.7 cm³/mol. The largest absolute Gasteiger partial charge is 0.382 e. The minimum atomic E-state index is -0.248. The van der Waals surface area contributed by atoms with E-state index in [1.807, 2.05) is 25.1 Å². The molecule has 5 nitrogen and oxygen atoms in total. The summed E-state index contributed by atoms with van der Waals surface area (Å²) < 4.78 is 5.37. The van der Waals surface area contributed by atoms with Crippen molar-refractivity contribution in [2.24, 2.45) is 0 Å². The minimum absolute atomic E-state index is 0.0407. The Morgan fingerprint density at radius 1 is 1.37 bits per heavy atom. The lowest BCUT2D eigenvalue weighted by Crippen LogP contribution is -2.46. The molecule has 0 spiro atoms. The fourth-order valence-corrected chi connectivity index (χ4v) is 2.57. The van der Waals surface area contributed by atoms with Crippen LogP contribution in [0.3, 0.4) is 0 Å². The van der Waals surface area contributed by atoms with Crippen molar-refractivity contribution >= 4 is 17.3 Å². The van der Waals surface area contributed by atoms with Gasteiger partial charge in [0.2, 0.25) is 0 Å². The molecule has 3 N–H and O–H groups in total. The van der Waals surface area contributed by atoms with Gasteiger partial charge in [-0.3, -0.25) is 4.79 Å². The molecule has 2 aliphatic rings. The van der Waals surface area contributed by atoms with Crippen LogP contribution < -0.4 is 16.0 Å². The summed E-state index contributed by atoms with van der Waals surface area (Å²) in [5.74, 6) is -0.0407. The molecule has 5 heteroatoms. The van der Waals surface area contributed by atoms with E-state index in [1.165, 1.54) is 0 Å². The first-order chi connectivity index (χ1) is 9.18. The molecule has 0 saturated carbocycles.